The fraction of sp³-hybridized carbons (Fsp3) is 0.152. The van der Waals surface area contributed by atoms with Crippen molar-refractivity contribution in [3.63, 3.8) is 0 Å². The SMILES string of the molecule is C=CC(OO)c1ccc(C(=C(c2ccc(N(C)C)cc2)c2ccc(N(C)C)cc2)c2ccccc2)cc1. The first-order chi connectivity index (χ1) is 17.9. The van der Waals surface area contributed by atoms with Gasteiger partial charge in [0.2, 0.25) is 0 Å². The van der Waals surface area contributed by atoms with E-state index in [4.69, 9.17) is 0 Å². The van der Waals surface area contributed by atoms with E-state index >= 15 is 0 Å². The van der Waals surface area contributed by atoms with E-state index in [-0.39, 0.29) is 0 Å². The molecule has 1 atom stereocenters. The molecule has 4 aromatic carbocycles. The third-order valence-electron chi connectivity index (χ3n) is 6.51. The largest absolute Gasteiger partial charge is 0.378 e. The smallest absolute Gasteiger partial charge is 0.136 e. The van der Waals surface area contributed by atoms with Crippen LogP contribution in [-0.2, 0) is 4.89 Å². The highest BCUT2D eigenvalue weighted by Crippen LogP contribution is 2.38. The summed E-state index contributed by atoms with van der Waals surface area (Å²) >= 11 is 0. The number of benzene rings is 4. The average Bonchev–Trinajstić information content (AvgIpc) is 2.93. The van der Waals surface area contributed by atoms with Gasteiger partial charge in [0, 0.05) is 39.6 Å². The maximum Gasteiger partial charge on any atom is 0.136 e. The predicted octanol–water partition coefficient (Wildman–Crippen LogP) is 7.54. The molecule has 0 aliphatic carbocycles. The lowest BCUT2D eigenvalue weighted by atomic mass is 9.85. The Morgan fingerprint density at radius 3 is 1.35 bits per heavy atom. The zero-order chi connectivity index (χ0) is 26.4. The Hall–Kier alpha value is -4.12. The number of nitrogens with zero attached hydrogens (tertiary/aromatic N) is 2. The first-order valence-electron chi connectivity index (χ1n) is 12.3. The van der Waals surface area contributed by atoms with Crippen LogP contribution in [0.4, 0.5) is 11.4 Å². The monoisotopic (exact) mass is 490 g/mol. The minimum Gasteiger partial charge on any atom is -0.378 e. The summed E-state index contributed by atoms with van der Waals surface area (Å²) in [4.78, 5) is 8.79. The lowest BCUT2D eigenvalue weighted by Crippen LogP contribution is -2.09. The van der Waals surface area contributed by atoms with Crippen LogP contribution < -0.4 is 9.80 Å². The van der Waals surface area contributed by atoms with Gasteiger partial charge < -0.3 is 9.80 Å². The molecular formula is C33H34N2O2. The van der Waals surface area contributed by atoms with Crippen LogP contribution in [0.5, 0.6) is 0 Å². The fourth-order valence-electron chi connectivity index (χ4n) is 4.45. The summed E-state index contributed by atoms with van der Waals surface area (Å²) in [5.41, 5.74) is 9.86. The van der Waals surface area contributed by atoms with Crippen LogP contribution >= 0.6 is 0 Å². The second-order valence-corrected chi connectivity index (χ2v) is 9.38. The molecule has 0 fully saturated rings. The van der Waals surface area contributed by atoms with Crippen molar-refractivity contribution in [3.05, 3.63) is 144 Å². The predicted molar refractivity (Wildman–Crippen MR) is 156 cm³/mol. The Balaban J connectivity index is 2.00. The minimum atomic E-state index is -0.574. The first-order valence-corrected chi connectivity index (χ1v) is 12.3. The molecule has 0 bridgehead atoms. The van der Waals surface area contributed by atoms with E-state index in [1.54, 1.807) is 6.08 Å². The number of hydrogen-bond donors (Lipinski definition) is 1. The number of rotatable bonds is 9. The Labute approximate surface area is 220 Å². The van der Waals surface area contributed by atoms with Crippen molar-refractivity contribution in [1.82, 2.24) is 0 Å². The van der Waals surface area contributed by atoms with Crippen LogP contribution in [0.2, 0.25) is 0 Å². The maximum absolute atomic E-state index is 9.26. The highest BCUT2D eigenvalue weighted by Gasteiger charge is 2.17. The van der Waals surface area contributed by atoms with Gasteiger partial charge in [0.25, 0.3) is 0 Å². The van der Waals surface area contributed by atoms with Gasteiger partial charge in [-0.15, -0.1) is 6.58 Å². The molecule has 0 saturated carbocycles. The van der Waals surface area contributed by atoms with Gasteiger partial charge in [0.15, 0.2) is 0 Å². The molecule has 37 heavy (non-hydrogen) atoms. The third-order valence-corrected chi connectivity index (χ3v) is 6.51. The van der Waals surface area contributed by atoms with Crippen molar-refractivity contribution in [3.8, 4) is 0 Å². The average molecular weight is 491 g/mol. The quantitative estimate of drug-likeness (QED) is 0.114. The summed E-state index contributed by atoms with van der Waals surface area (Å²) in [5, 5.41) is 9.26. The lowest BCUT2D eigenvalue weighted by molar-refractivity contribution is -0.268. The van der Waals surface area contributed by atoms with Gasteiger partial charge in [-0.2, -0.15) is 0 Å². The molecule has 0 heterocycles. The van der Waals surface area contributed by atoms with E-state index in [1.807, 2.05) is 18.2 Å². The molecule has 4 aromatic rings. The van der Waals surface area contributed by atoms with Crippen LogP contribution in [0.25, 0.3) is 11.1 Å². The maximum atomic E-state index is 9.26. The van der Waals surface area contributed by atoms with E-state index < -0.39 is 6.10 Å². The van der Waals surface area contributed by atoms with Crippen LogP contribution in [0.15, 0.2) is 116 Å². The van der Waals surface area contributed by atoms with Gasteiger partial charge in [0.05, 0.1) is 0 Å². The van der Waals surface area contributed by atoms with Crippen molar-refractivity contribution in [1.29, 1.82) is 0 Å². The van der Waals surface area contributed by atoms with Gasteiger partial charge in [-0.25, -0.2) is 4.89 Å². The number of hydrogen-bond acceptors (Lipinski definition) is 4. The molecule has 1 unspecified atom stereocenters. The third kappa shape index (κ3) is 5.83. The van der Waals surface area contributed by atoms with Crippen LogP contribution in [-0.4, -0.2) is 33.4 Å². The highest BCUT2D eigenvalue weighted by molar-refractivity contribution is 6.04. The summed E-state index contributed by atoms with van der Waals surface area (Å²) in [5.74, 6) is 0. The highest BCUT2D eigenvalue weighted by atomic mass is 17.1. The first kappa shape index (κ1) is 26.0. The Bertz CT molecular complexity index is 1290. The molecule has 4 rings (SSSR count). The molecule has 0 spiro atoms. The summed E-state index contributed by atoms with van der Waals surface area (Å²) in [6.07, 6.45) is 1.00. The molecule has 188 valence electrons. The summed E-state index contributed by atoms with van der Waals surface area (Å²) < 4.78 is 0. The number of anilines is 2. The zero-order valence-corrected chi connectivity index (χ0v) is 21.9. The summed E-state index contributed by atoms with van der Waals surface area (Å²) in [7, 11) is 8.20. The zero-order valence-electron chi connectivity index (χ0n) is 21.9. The normalized spacial score (nSPS) is 11.5. The Morgan fingerprint density at radius 2 is 1.00 bits per heavy atom. The molecule has 0 amide bonds. The Morgan fingerprint density at radius 1 is 0.622 bits per heavy atom. The molecule has 0 radical (unpaired) electrons. The summed E-state index contributed by atoms with van der Waals surface area (Å²) in [6, 6.07) is 36.0. The van der Waals surface area contributed by atoms with Crippen molar-refractivity contribution in [2.45, 2.75) is 6.10 Å². The van der Waals surface area contributed by atoms with Crippen molar-refractivity contribution in [2.24, 2.45) is 0 Å². The van der Waals surface area contributed by atoms with Crippen molar-refractivity contribution >= 4 is 22.5 Å². The van der Waals surface area contributed by atoms with Gasteiger partial charge in [-0.05, 0) is 63.2 Å². The second-order valence-electron chi connectivity index (χ2n) is 9.38. The van der Waals surface area contributed by atoms with Crippen LogP contribution in [0, 0.1) is 0 Å². The lowest BCUT2D eigenvalue weighted by Gasteiger charge is -2.21. The van der Waals surface area contributed by atoms with E-state index in [9.17, 15) is 5.26 Å². The molecule has 0 aliphatic rings. The Kier molecular flexibility index (Phi) is 8.24. The van der Waals surface area contributed by atoms with Gasteiger partial charge >= 0.3 is 0 Å². The minimum absolute atomic E-state index is 0.574. The molecule has 1 N–H and O–H groups in total. The van der Waals surface area contributed by atoms with E-state index in [1.165, 1.54) is 0 Å². The van der Waals surface area contributed by atoms with Gasteiger partial charge in [0.1, 0.15) is 6.10 Å². The van der Waals surface area contributed by atoms with E-state index in [0.717, 1.165) is 50.3 Å². The standard InChI is InChI=1S/C33H34N2O2/c1-6-31(37-36)24-12-14-26(15-13-24)32(25-10-8-7-9-11-25)33(27-16-20-29(21-17-27)34(2)3)28-18-22-30(23-19-28)35(4)5/h6-23,31,36H,1H2,2-5H3. The van der Waals surface area contributed by atoms with Crippen molar-refractivity contribution in [2.75, 3.05) is 38.0 Å². The van der Waals surface area contributed by atoms with Gasteiger partial charge in [-0.1, -0.05) is 84.9 Å². The molecule has 4 nitrogen and oxygen atoms in total. The van der Waals surface area contributed by atoms with Crippen LogP contribution in [0.3, 0.4) is 0 Å². The second kappa shape index (κ2) is 11.7. The summed E-state index contributed by atoms with van der Waals surface area (Å²) in [6.45, 7) is 3.76. The molecule has 0 aromatic heterocycles. The van der Waals surface area contributed by atoms with Gasteiger partial charge in [-0.3, -0.25) is 5.26 Å². The molecule has 0 saturated heterocycles. The molecular weight excluding hydrogens is 456 g/mol. The van der Waals surface area contributed by atoms with Crippen LogP contribution in [0.1, 0.15) is 33.9 Å². The van der Waals surface area contributed by atoms with Crippen molar-refractivity contribution < 1.29 is 10.1 Å². The molecule has 4 heteroatoms. The molecule has 0 aliphatic heterocycles. The fourth-order valence-corrected chi connectivity index (χ4v) is 4.45. The van der Waals surface area contributed by atoms with E-state index in [0.29, 0.717) is 0 Å². The van der Waals surface area contributed by atoms with E-state index in [2.05, 4.69) is 134 Å². The topological polar surface area (TPSA) is 35.9 Å².